The lowest BCUT2D eigenvalue weighted by Gasteiger charge is -2.41. The number of hydrogen-bond donors (Lipinski definition) is 2. The van der Waals surface area contributed by atoms with E-state index in [1.807, 2.05) is 40.7 Å². The van der Waals surface area contributed by atoms with Crippen molar-refractivity contribution in [2.45, 2.75) is 118 Å². The molecule has 0 aliphatic carbocycles. The quantitative estimate of drug-likeness (QED) is 0.291. The van der Waals surface area contributed by atoms with Gasteiger partial charge in [0.2, 0.25) is 23.6 Å². The highest BCUT2D eigenvalue weighted by atomic mass is 16.2. The molecule has 2 fully saturated rings. The molecule has 2 aliphatic rings. The van der Waals surface area contributed by atoms with Crippen LogP contribution in [0.2, 0.25) is 0 Å². The van der Waals surface area contributed by atoms with Crippen molar-refractivity contribution < 1.29 is 19.2 Å². The minimum Gasteiger partial charge on any atom is -0.351 e. The van der Waals surface area contributed by atoms with Crippen molar-refractivity contribution in [2.24, 2.45) is 11.3 Å². The number of nitrogens with one attached hydrogen (secondary N) is 2. The van der Waals surface area contributed by atoms with Gasteiger partial charge in [0.05, 0.1) is 12.1 Å². The van der Waals surface area contributed by atoms with Gasteiger partial charge in [-0.2, -0.15) is 0 Å². The normalized spacial score (nSPS) is 21.9. The van der Waals surface area contributed by atoms with Crippen LogP contribution in [0.25, 0.3) is 0 Å². The second-order valence-electron chi connectivity index (χ2n) is 13.4. The topological polar surface area (TPSA) is 102 Å². The average Bonchev–Trinajstić information content (AvgIpc) is 3.41. The van der Waals surface area contributed by atoms with Crippen molar-refractivity contribution >= 4 is 23.6 Å². The van der Waals surface area contributed by atoms with Crippen LogP contribution in [0.5, 0.6) is 0 Å². The van der Waals surface area contributed by atoms with E-state index in [0.717, 1.165) is 32.2 Å². The molecule has 4 amide bonds. The van der Waals surface area contributed by atoms with Crippen LogP contribution in [0, 0.1) is 11.3 Å². The Morgan fingerprint density at radius 1 is 0.976 bits per heavy atom. The van der Waals surface area contributed by atoms with Crippen LogP contribution in [0.1, 0.15) is 87.5 Å². The number of nitrogens with zero attached hydrogens (tertiary/aromatic N) is 3. The van der Waals surface area contributed by atoms with Gasteiger partial charge in [0.25, 0.3) is 0 Å². The minimum atomic E-state index is -0.724. The maximum absolute atomic E-state index is 14.0. The second kappa shape index (κ2) is 15.0. The Morgan fingerprint density at radius 3 is 2.17 bits per heavy atom. The first-order valence-corrected chi connectivity index (χ1v) is 15.3. The van der Waals surface area contributed by atoms with E-state index in [-0.39, 0.29) is 47.7 Å². The molecule has 2 rings (SSSR count). The number of likely N-dealkylation sites (tertiary alicyclic amines) is 2. The Hall–Kier alpha value is -2.68. The molecule has 232 valence electrons. The Labute approximate surface area is 248 Å². The lowest BCUT2D eigenvalue weighted by atomic mass is 9.84. The molecule has 2 N–H and O–H groups in total. The molecule has 0 aromatic rings. The van der Waals surface area contributed by atoms with E-state index in [9.17, 15) is 19.2 Å². The predicted octanol–water partition coefficient (Wildman–Crippen LogP) is 3.50. The molecule has 2 aliphatic heterocycles. The highest BCUT2D eigenvalue weighted by Gasteiger charge is 2.40. The SMILES string of the molecule is C=CCNC(=O)[C@@H]1CCCN1C(=O)/C(C)=C/[C@H](C(C)C)N(C)C(=O)[C@@H](NC(=O)[C@H]1CCCCN1C(C)C)C(C)(C)C. The monoisotopic (exact) mass is 573 g/mol. The summed E-state index contributed by atoms with van der Waals surface area (Å²) in [6.45, 7) is 21.3. The Balaban J connectivity index is 2.26. The van der Waals surface area contributed by atoms with Crippen LogP contribution in [-0.2, 0) is 19.2 Å². The first kappa shape index (κ1) is 34.5. The average molecular weight is 574 g/mol. The molecule has 41 heavy (non-hydrogen) atoms. The number of hydrogen-bond acceptors (Lipinski definition) is 5. The summed E-state index contributed by atoms with van der Waals surface area (Å²) in [5, 5.41) is 5.93. The summed E-state index contributed by atoms with van der Waals surface area (Å²) < 4.78 is 0. The van der Waals surface area contributed by atoms with Gasteiger partial charge in [0.15, 0.2) is 0 Å². The van der Waals surface area contributed by atoms with E-state index in [0.29, 0.717) is 25.1 Å². The second-order valence-corrected chi connectivity index (χ2v) is 13.4. The lowest BCUT2D eigenvalue weighted by molar-refractivity contribution is -0.142. The van der Waals surface area contributed by atoms with Gasteiger partial charge in [-0.1, -0.05) is 53.2 Å². The molecule has 9 heteroatoms. The lowest BCUT2D eigenvalue weighted by Crippen LogP contribution is -2.60. The first-order valence-electron chi connectivity index (χ1n) is 15.3. The number of carbonyl (C=O) groups is 4. The summed E-state index contributed by atoms with van der Waals surface area (Å²) in [5.74, 6) is -0.634. The summed E-state index contributed by atoms with van der Waals surface area (Å²) in [4.78, 5) is 59.2. The number of likely N-dealkylation sites (N-methyl/N-ethyl adjacent to an activating group) is 1. The van der Waals surface area contributed by atoms with Crippen molar-refractivity contribution in [3.8, 4) is 0 Å². The summed E-state index contributed by atoms with van der Waals surface area (Å²) in [6.07, 6.45) is 7.70. The molecule has 0 radical (unpaired) electrons. The fourth-order valence-corrected chi connectivity index (χ4v) is 5.97. The molecule has 0 spiro atoms. The molecule has 0 saturated carbocycles. The molecule has 0 aromatic heterocycles. The van der Waals surface area contributed by atoms with Crippen LogP contribution in [0.4, 0.5) is 0 Å². The fraction of sp³-hybridized carbons (Fsp3) is 0.750. The van der Waals surface area contributed by atoms with Crippen LogP contribution < -0.4 is 10.6 Å². The zero-order valence-electron chi connectivity index (χ0n) is 27.0. The molecule has 2 heterocycles. The third-order valence-corrected chi connectivity index (χ3v) is 8.38. The van der Waals surface area contributed by atoms with Gasteiger partial charge in [0.1, 0.15) is 12.1 Å². The number of amides is 4. The number of rotatable bonds is 11. The van der Waals surface area contributed by atoms with E-state index in [2.05, 4.69) is 36.0 Å². The molecule has 0 bridgehead atoms. The van der Waals surface area contributed by atoms with Crippen molar-refractivity contribution in [3.05, 3.63) is 24.3 Å². The molecule has 0 unspecified atom stereocenters. The first-order chi connectivity index (χ1) is 19.1. The Morgan fingerprint density at radius 2 is 1.61 bits per heavy atom. The van der Waals surface area contributed by atoms with E-state index in [1.54, 1.807) is 29.8 Å². The number of piperidine rings is 1. The zero-order chi connectivity index (χ0) is 31.1. The molecule has 2 saturated heterocycles. The number of carbonyl (C=O) groups excluding carboxylic acids is 4. The molecule has 9 nitrogen and oxygen atoms in total. The zero-order valence-corrected chi connectivity index (χ0v) is 27.0. The molecular weight excluding hydrogens is 518 g/mol. The summed E-state index contributed by atoms with van der Waals surface area (Å²) in [7, 11) is 1.74. The van der Waals surface area contributed by atoms with Gasteiger partial charge >= 0.3 is 0 Å². The summed E-state index contributed by atoms with van der Waals surface area (Å²) in [5.41, 5.74) is -0.0198. The van der Waals surface area contributed by atoms with Gasteiger partial charge in [-0.05, 0) is 64.3 Å². The highest BCUT2D eigenvalue weighted by molar-refractivity contribution is 5.97. The third kappa shape index (κ3) is 8.90. The smallest absolute Gasteiger partial charge is 0.249 e. The van der Waals surface area contributed by atoms with Crippen LogP contribution >= 0.6 is 0 Å². The fourth-order valence-electron chi connectivity index (χ4n) is 5.97. The highest BCUT2D eigenvalue weighted by Crippen LogP contribution is 2.26. The van der Waals surface area contributed by atoms with Crippen LogP contribution in [-0.4, -0.2) is 95.2 Å². The van der Waals surface area contributed by atoms with Crippen molar-refractivity contribution in [1.29, 1.82) is 0 Å². The predicted molar refractivity (Wildman–Crippen MR) is 164 cm³/mol. The van der Waals surface area contributed by atoms with Gasteiger partial charge in [0, 0.05) is 31.8 Å². The standard InChI is InChI=1S/C32H55N5O4/c1-11-17-33-28(38)24-16-14-19-37(24)30(40)23(6)20-26(21(2)3)35(10)31(41)27(32(7,8)9)34-29(39)25-15-12-13-18-36(25)22(4)5/h11,20-22,24-27H,1,12-19H2,2-10H3,(H,33,38)(H,34,39)/b23-20+/t24-,25+,26+,27+/m0/s1. The maximum atomic E-state index is 14.0. The minimum absolute atomic E-state index is 0.0167. The maximum Gasteiger partial charge on any atom is 0.249 e. The molecular formula is C32H55N5O4. The van der Waals surface area contributed by atoms with Gasteiger partial charge < -0.3 is 20.4 Å². The summed E-state index contributed by atoms with van der Waals surface area (Å²) in [6, 6.07) is -1.60. The van der Waals surface area contributed by atoms with Crippen LogP contribution in [0.15, 0.2) is 24.3 Å². The van der Waals surface area contributed by atoms with Crippen molar-refractivity contribution in [1.82, 2.24) is 25.3 Å². The Bertz CT molecular complexity index is 983. The largest absolute Gasteiger partial charge is 0.351 e. The summed E-state index contributed by atoms with van der Waals surface area (Å²) >= 11 is 0. The van der Waals surface area contributed by atoms with Gasteiger partial charge in [-0.3, -0.25) is 24.1 Å². The van der Waals surface area contributed by atoms with E-state index in [1.165, 1.54) is 0 Å². The van der Waals surface area contributed by atoms with Gasteiger partial charge in [-0.25, -0.2) is 0 Å². The Kier molecular flexibility index (Phi) is 12.6. The molecule has 4 atom stereocenters. The molecule has 0 aromatic carbocycles. The van der Waals surface area contributed by atoms with E-state index >= 15 is 0 Å². The van der Waals surface area contributed by atoms with Crippen molar-refractivity contribution in [3.63, 3.8) is 0 Å². The van der Waals surface area contributed by atoms with Crippen LogP contribution in [0.3, 0.4) is 0 Å². The van der Waals surface area contributed by atoms with E-state index in [4.69, 9.17) is 0 Å². The van der Waals surface area contributed by atoms with E-state index < -0.39 is 17.5 Å². The van der Waals surface area contributed by atoms with Crippen molar-refractivity contribution in [2.75, 3.05) is 26.7 Å². The van der Waals surface area contributed by atoms with Gasteiger partial charge in [-0.15, -0.1) is 6.58 Å². The third-order valence-electron chi connectivity index (χ3n) is 8.38.